The third-order valence-corrected chi connectivity index (χ3v) is 3.07. The lowest BCUT2D eigenvalue weighted by atomic mass is 10.3. The lowest BCUT2D eigenvalue weighted by molar-refractivity contribution is -0.115. The van der Waals surface area contributed by atoms with Crippen LogP contribution in [0, 0.1) is 0 Å². The standard InChI is InChI=1S/C10H13BrN2OS/c1-15-5-4-10(14)13-9-3-2-7(12)6-8(9)11/h2-3,6H,4-5,12H2,1H3,(H,13,14). The van der Waals surface area contributed by atoms with Crippen molar-refractivity contribution in [1.82, 2.24) is 0 Å². The van der Waals surface area contributed by atoms with Crippen molar-refractivity contribution < 1.29 is 4.79 Å². The summed E-state index contributed by atoms with van der Waals surface area (Å²) in [5.74, 6) is 0.855. The molecule has 0 aliphatic carbocycles. The number of thioether (sulfide) groups is 1. The van der Waals surface area contributed by atoms with Gasteiger partial charge in [0.2, 0.25) is 5.91 Å². The van der Waals surface area contributed by atoms with Crippen molar-refractivity contribution in [1.29, 1.82) is 0 Å². The molecule has 0 aromatic heterocycles. The summed E-state index contributed by atoms with van der Waals surface area (Å²) in [6.07, 6.45) is 2.50. The second kappa shape index (κ2) is 6.02. The summed E-state index contributed by atoms with van der Waals surface area (Å²) in [7, 11) is 0. The molecule has 0 saturated carbocycles. The molecule has 0 bridgehead atoms. The predicted octanol–water partition coefficient (Wildman–Crippen LogP) is 2.72. The van der Waals surface area contributed by atoms with Gasteiger partial charge in [-0.3, -0.25) is 4.79 Å². The summed E-state index contributed by atoms with van der Waals surface area (Å²) in [4.78, 5) is 11.4. The van der Waals surface area contributed by atoms with Gasteiger partial charge in [-0.2, -0.15) is 11.8 Å². The van der Waals surface area contributed by atoms with Crippen molar-refractivity contribution in [3.05, 3.63) is 22.7 Å². The molecule has 1 aromatic rings. The van der Waals surface area contributed by atoms with Crippen LogP contribution in [0.15, 0.2) is 22.7 Å². The smallest absolute Gasteiger partial charge is 0.225 e. The highest BCUT2D eigenvalue weighted by atomic mass is 79.9. The number of halogens is 1. The highest BCUT2D eigenvalue weighted by Gasteiger charge is 2.04. The predicted molar refractivity (Wildman–Crippen MR) is 70.2 cm³/mol. The molecule has 0 saturated heterocycles. The Morgan fingerprint density at radius 3 is 2.93 bits per heavy atom. The van der Waals surface area contributed by atoms with E-state index >= 15 is 0 Å². The van der Waals surface area contributed by atoms with E-state index < -0.39 is 0 Å². The van der Waals surface area contributed by atoms with Crippen LogP contribution in [0.3, 0.4) is 0 Å². The zero-order valence-corrected chi connectivity index (χ0v) is 10.8. The molecule has 1 amide bonds. The number of nitrogens with one attached hydrogen (secondary N) is 1. The number of nitrogen functional groups attached to an aromatic ring is 1. The third-order valence-electron chi connectivity index (χ3n) is 1.80. The van der Waals surface area contributed by atoms with Gasteiger partial charge in [0, 0.05) is 22.3 Å². The molecule has 0 aliphatic heterocycles. The zero-order valence-electron chi connectivity index (χ0n) is 8.42. The second-order valence-corrected chi connectivity index (χ2v) is 4.87. The summed E-state index contributed by atoms with van der Waals surface area (Å²) >= 11 is 5.00. The fourth-order valence-electron chi connectivity index (χ4n) is 1.04. The first-order chi connectivity index (χ1) is 7.13. The Morgan fingerprint density at radius 2 is 2.33 bits per heavy atom. The molecule has 0 heterocycles. The second-order valence-electron chi connectivity index (χ2n) is 3.03. The molecule has 0 spiro atoms. The number of carbonyl (C=O) groups excluding carboxylic acids is 1. The lowest BCUT2D eigenvalue weighted by Gasteiger charge is -2.07. The van der Waals surface area contributed by atoms with Crippen LogP contribution in [0.4, 0.5) is 11.4 Å². The van der Waals surface area contributed by atoms with Crippen molar-refractivity contribution in [2.24, 2.45) is 0 Å². The topological polar surface area (TPSA) is 55.1 Å². The molecule has 1 rings (SSSR count). The largest absolute Gasteiger partial charge is 0.399 e. The molecular weight excluding hydrogens is 276 g/mol. The van der Waals surface area contributed by atoms with Crippen LogP contribution < -0.4 is 11.1 Å². The first-order valence-corrected chi connectivity index (χ1v) is 6.66. The molecule has 1 aromatic carbocycles. The molecule has 0 aliphatic rings. The summed E-state index contributed by atoms with van der Waals surface area (Å²) in [6, 6.07) is 5.32. The molecule has 0 unspecified atom stereocenters. The summed E-state index contributed by atoms with van der Waals surface area (Å²) < 4.78 is 0.806. The van der Waals surface area contributed by atoms with Crippen LogP contribution in [0.1, 0.15) is 6.42 Å². The summed E-state index contributed by atoms with van der Waals surface area (Å²) in [5, 5.41) is 2.82. The number of carbonyl (C=O) groups is 1. The first kappa shape index (κ1) is 12.4. The normalized spacial score (nSPS) is 10.0. The molecule has 5 heteroatoms. The fraction of sp³-hybridized carbons (Fsp3) is 0.300. The minimum absolute atomic E-state index is 0.0230. The number of benzene rings is 1. The summed E-state index contributed by atoms with van der Waals surface area (Å²) in [6.45, 7) is 0. The van der Waals surface area contributed by atoms with Gasteiger partial charge < -0.3 is 11.1 Å². The van der Waals surface area contributed by atoms with Crippen molar-refractivity contribution >= 4 is 45.0 Å². The van der Waals surface area contributed by atoms with Gasteiger partial charge in [0.15, 0.2) is 0 Å². The maximum atomic E-state index is 11.4. The van der Waals surface area contributed by atoms with E-state index in [9.17, 15) is 4.79 Å². The number of rotatable bonds is 4. The van der Waals surface area contributed by atoms with E-state index in [2.05, 4.69) is 21.2 Å². The van der Waals surface area contributed by atoms with Gasteiger partial charge in [-0.15, -0.1) is 0 Å². The third kappa shape index (κ3) is 4.13. The van der Waals surface area contributed by atoms with Crippen LogP contribution in [0.25, 0.3) is 0 Å². The van der Waals surface area contributed by atoms with E-state index in [0.717, 1.165) is 15.9 Å². The van der Waals surface area contributed by atoms with Crippen LogP contribution in [0.5, 0.6) is 0 Å². The summed E-state index contributed by atoms with van der Waals surface area (Å²) in [5.41, 5.74) is 7.02. The van der Waals surface area contributed by atoms with E-state index in [1.54, 1.807) is 30.0 Å². The number of hydrogen-bond donors (Lipinski definition) is 2. The van der Waals surface area contributed by atoms with Crippen molar-refractivity contribution in [3.63, 3.8) is 0 Å². The van der Waals surface area contributed by atoms with Gasteiger partial charge in [0.25, 0.3) is 0 Å². The number of amides is 1. The van der Waals surface area contributed by atoms with Crippen LogP contribution >= 0.6 is 27.7 Å². The van der Waals surface area contributed by atoms with Gasteiger partial charge in [0.1, 0.15) is 0 Å². The molecule has 3 N–H and O–H groups in total. The Hall–Kier alpha value is -0.680. The average molecular weight is 289 g/mol. The lowest BCUT2D eigenvalue weighted by Crippen LogP contribution is -2.12. The Labute approximate surface area is 102 Å². The number of hydrogen-bond acceptors (Lipinski definition) is 3. The average Bonchev–Trinajstić information content (AvgIpc) is 2.19. The molecule has 0 fully saturated rings. The zero-order chi connectivity index (χ0) is 11.3. The number of nitrogens with two attached hydrogens (primary N) is 1. The maximum Gasteiger partial charge on any atom is 0.225 e. The van der Waals surface area contributed by atoms with Crippen molar-refractivity contribution in [3.8, 4) is 0 Å². The Balaban J connectivity index is 2.60. The van der Waals surface area contributed by atoms with E-state index in [0.29, 0.717) is 12.1 Å². The molecule has 15 heavy (non-hydrogen) atoms. The minimum atomic E-state index is 0.0230. The molecule has 0 radical (unpaired) electrons. The minimum Gasteiger partial charge on any atom is -0.399 e. The molecule has 3 nitrogen and oxygen atoms in total. The highest BCUT2D eigenvalue weighted by molar-refractivity contribution is 9.10. The quantitative estimate of drug-likeness (QED) is 0.838. The fourth-order valence-corrected chi connectivity index (χ4v) is 1.93. The maximum absolute atomic E-state index is 11.4. The Morgan fingerprint density at radius 1 is 1.60 bits per heavy atom. The number of anilines is 2. The van der Waals surface area contributed by atoms with Gasteiger partial charge in [-0.05, 0) is 40.4 Å². The van der Waals surface area contributed by atoms with Gasteiger partial charge >= 0.3 is 0 Å². The molecule has 0 atom stereocenters. The van der Waals surface area contributed by atoms with Gasteiger partial charge in [-0.25, -0.2) is 0 Å². The van der Waals surface area contributed by atoms with E-state index in [1.807, 2.05) is 6.26 Å². The molecule has 82 valence electrons. The first-order valence-electron chi connectivity index (χ1n) is 4.47. The monoisotopic (exact) mass is 288 g/mol. The molecular formula is C10H13BrN2OS. The highest BCUT2D eigenvalue weighted by Crippen LogP contribution is 2.24. The SMILES string of the molecule is CSCCC(=O)Nc1ccc(N)cc1Br. The van der Waals surface area contributed by atoms with Crippen molar-refractivity contribution in [2.75, 3.05) is 23.1 Å². The Kier molecular flexibility index (Phi) is 4.98. The van der Waals surface area contributed by atoms with Crippen LogP contribution in [-0.2, 0) is 4.79 Å². The Bertz CT molecular complexity index is 357. The van der Waals surface area contributed by atoms with Crippen LogP contribution in [0.2, 0.25) is 0 Å². The van der Waals surface area contributed by atoms with Crippen molar-refractivity contribution in [2.45, 2.75) is 6.42 Å². The van der Waals surface area contributed by atoms with Gasteiger partial charge in [0.05, 0.1) is 5.69 Å². The van der Waals surface area contributed by atoms with E-state index in [4.69, 9.17) is 5.73 Å². The van der Waals surface area contributed by atoms with E-state index in [1.165, 1.54) is 0 Å². The van der Waals surface area contributed by atoms with Crippen LogP contribution in [-0.4, -0.2) is 17.9 Å². The van der Waals surface area contributed by atoms with Gasteiger partial charge in [-0.1, -0.05) is 0 Å². The van der Waals surface area contributed by atoms with E-state index in [-0.39, 0.29) is 5.91 Å².